The molecule has 0 bridgehead atoms. The van der Waals surface area contributed by atoms with Crippen LogP contribution in [-0.2, 0) is 9.53 Å². The number of rotatable bonds is 6. The van der Waals surface area contributed by atoms with Crippen LogP contribution in [0, 0.1) is 22.7 Å². The molecule has 108 valence electrons. The second kappa shape index (κ2) is 8.68. The summed E-state index contributed by atoms with van der Waals surface area (Å²) in [6.45, 7) is 1.95. The number of allylic oxidation sites excluding steroid dienone is 2. The molecule has 6 heteroatoms. The van der Waals surface area contributed by atoms with E-state index in [2.05, 4.69) is 5.32 Å². The van der Waals surface area contributed by atoms with Crippen molar-refractivity contribution in [2.75, 3.05) is 12.9 Å². The second-order valence-electron chi connectivity index (χ2n) is 3.87. The number of esters is 1. The highest BCUT2D eigenvalue weighted by Gasteiger charge is 2.23. The number of nitrogens with one attached hydrogen (secondary N) is 1. The van der Waals surface area contributed by atoms with E-state index in [-0.39, 0.29) is 17.2 Å². The van der Waals surface area contributed by atoms with E-state index < -0.39 is 12.0 Å². The Labute approximate surface area is 128 Å². The second-order valence-corrected chi connectivity index (χ2v) is 4.69. The molecule has 1 aromatic rings. The van der Waals surface area contributed by atoms with Crippen LogP contribution in [0.1, 0.15) is 18.5 Å². The van der Waals surface area contributed by atoms with Gasteiger partial charge in [0.05, 0.1) is 6.61 Å². The Morgan fingerprint density at radius 1 is 1.33 bits per heavy atom. The topological polar surface area (TPSA) is 85.9 Å². The van der Waals surface area contributed by atoms with Crippen molar-refractivity contribution in [2.45, 2.75) is 13.0 Å². The zero-order valence-electron chi connectivity index (χ0n) is 11.8. The summed E-state index contributed by atoms with van der Waals surface area (Å²) in [5, 5.41) is 21.0. The van der Waals surface area contributed by atoms with Crippen molar-refractivity contribution in [3.8, 4) is 12.1 Å². The summed E-state index contributed by atoms with van der Waals surface area (Å²) in [7, 11) is 0. The first-order valence-corrected chi connectivity index (χ1v) is 7.47. The first-order valence-electron chi connectivity index (χ1n) is 6.24. The first kappa shape index (κ1) is 16.6. The van der Waals surface area contributed by atoms with Gasteiger partial charge >= 0.3 is 5.97 Å². The van der Waals surface area contributed by atoms with Crippen molar-refractivity contribution in [3.63, 3.8) is 0 Å². The van der Waals surface area contributed by atoms with Gasteiger partial charge in [-0.15, -0.1) is 11.8 Å². The summed E-state index contributed by atoms with van der Waals surface area (Å²) in [6, 6.07) is 12.0. The molecule has 0 heterocycles. The van der Waals surface area contributed by atoms with Crippen LogP contribution in [0.15, 0.2) is 40.9 Å². The number of nitriles is 2. The number of carbonyl (C=O) groups is 1. The van der Waals surface area contributed by atoms with Gasteiger partial charge in [-0.25, -0.2) is 4.79 Å². The molecule has 1 unspecified atom stereocenters. The molecular formula is C15H15N3O2S. The third-order valence-electron chi connectivity index (χ3n) is 2.59. The maximum absolute atomic E-state index is 12.1. The Morgan fingerprint density at radius 3 is 2.48 bits per heavy atom. The quantitative estimate of drug-likeness (QED) is 0.642. The monoisotopic (exact) mass is 301 g/mol. The van der Waals surface area contributed by atoms with Crippen LogP contribution in [0.3, 0.4) is 0 Å². The summed E-state index contributed by atoms with van der Waals surface area (Å²) in [5.74, 6) is -0.491. The minimum atomic E-state index is -0.823. The largest absolute Gasteiger partial charge is 0.464 e. The Balaban J connectivity index is 3.15. The minimum absolute atomic E-state index is 0.0620. The van der Waals surface area contributed by atoms with Gasteiger partial charge in [-0.3, -0.25) is 0 Å². The highest BCUT2D eigenvalue weighted by molar-refractivity contribution is 8.02. The lowest BCUT2D eigenvalue weighted by Crippen LogP contribution is -2.30. The molecule has 1 N–H and O–H groups in total. The predicted molar refractivity (Wildman–Crippen MR) is 80.7 cm³/mol. The summed E-state index contributed by atoms with van der Waals surface area (Å²) in [5.41, 5.74) is 0.731. The molecule has 0 aliphatic carbocycles. The zero-order chi connectivity index (χ0) is 15.7. The van der Waals surface area contributed by atoms with Gasteiger partial charge in [0.25, 0.3) is 0 Å². The molecular weight excluding hydrogens is 286 g/mol. The Bertz CT molecular complexity index is 600. The summed E-state index contributed by atoms with van der Waals surface area (Å²) >= 11 is 1.15. The predicted octanol–water partition coefficient (Wildman–Crippen LogP) is 2.50. The molecule has 0 amide bonds. The standard InChI is InChI=1S/C15H15N3O2S/c1-3-20-15(19)14(11-7-5-4-6-8-11)18-12(9-16)13(10-17)21-2/h4-8,14,18H,3H2,1-2H3. The Morgan fingerprint density at radius 2 is 2.00 bits per heavy atom. The van der Waals surface area contributed by atoms with Crippen LogP contribution in [0.5, 0.6) is 0 Å². The summed E-state index contributed by atoms with van der Waals surface area (Å²) in [6.07, 6.45) is 1.69. The number of nitrogens with zero attached hydrogens (tertiary/aromatic N) is 2. The van der Waals surface area contributed by atoms with Gasteiger partial charge in [0.15, 0.2) is 6.04 Å². The average Bonchev–Trinajstić information content (AvgIpc) is 2.52. The highest BCUT2D eigenvalue weighted by Crippen LogP contribution is 2.20. The van der Waals surface area contributed by atoms with Gasteiger partial charge in [0, 0.05) is 0 Å². The summed E-state index contributed by atoms with van der Waals surface area (Å²) < 4.78 is 5.03. The van der Waals surface area contributed by atoms with Gasteiger partial charge in [-0.05, 0) is 18.7 Å². The lowest BCUT2D eigenvalue weighted by molar-refractivity contribution is -0.145. The van der Waals surface area contributed by atoms with Crippen LogP contribution in [-0.4, -0.2) is 18.8 Å². The molecule has 0 saturated carbocycles. The fourth-order valence-corrected chi connectivity index (χ4v) is 2.05. The average molecular weight is 301 g/mol. The van der Waals surface area contributed by atoms with Gasteiger partial charge < -0.3 is 10.1 Å². The van der Waals surface area contributed by atoms with E-state index in [0.29, 0.717) is 5.56 Å². The molecule has 0 spiro atoms. The molecule has 0 aliphatic rings. The number of benzene rings is 1. The van der Waals surface area contributed by atoms with E-state index in [1.165, 1.54) is 0 Å². The molecule has 0 saturated heterocycles. The number of hydrogen-bond donors (Lipinski definition) is 1. The van der Waals surface area contributed by atoms with Gasteiger partial charge in [0.1, 0.15) is 22.7 Å². The minimum Gasteiger partial charge on any atom is -0.464 e. The molecule has 0 aliphatic heterocycles. The Kier molecular flexibility index (Phi) is 6.86. The van der Waals surface area contributed by atoms with Crippen LogP contribution in [0.2, 0.25) is 0 Å². The SMILES string of the molecule is CCOC(=O)C(NC(C#N)=C(C#N)SC)c1ccccc1. The molecule has 0 radical (unpaired) electrons. The van der Waals surface area contributed by atoms with E-state index in [4.69, 9.17) is 10.00 Å². The number of carbonyl (C=O) groups excluding carboxylic acids is 1. The lowest BCUT2D eigenvalue weighted by atomic mass is 10.1. The zero-order valence-corrected chi connectivity index (χ0v) is 12.6. The summed E-state index contributed by atoms with van der Waals surface area (Å²) in [4.78, 5) is 12.3. The maximum atomic E-state index is 12.1. The molecule has 0 fully saturated rings. The number of hydrogen-bond acceptors (Lipinski definition) is 6. The molecule has 21 heavy (non-hydrogen) atoms. The fourth-order valence-electron chi connectivity index (χ4n) is 1.65. The van der Waals surface area contributed by atoms with E-state index in [9.17, 15) is 10.1 Å². The highest BCUT2D eigenvalue weighted by atomic mass is 32.2. The van der Waals surface area contributed by atoms with Gasteiger partial charge in [0.2, 0.25) is 0 Å². The molecule has 1 rings (SSSR count). The van der Waals surface area contributed by atoms with E-state index >= 15 is 0 Å². The third kappa shape index (κ3) is 4.55. The molecule has 5 nitrogen and oxygen atoms in total. The van der Waals surface area contributed by atoms with Crippen LogP contribution < -0.4 is 5.32 Å². The lowest BCUT2D eigenvalue weighted by Gasteiger charge is -2.18. The van der Waals surface area contributed by atoms with Crippen molar-refractivity contribution in [3.05, 3.63) is 46.5 Å². The van der Waals surface area contributed by atoms with Crippen molar-refractivity contribution in [1.29, 1.82) is 10.5 Å². The first-order chi connectivity index (χ1) is 10.2. The van der Waals surface area contributed by atoms with Crippen LogP contribution >= 0.6 is 11.8 Å². The van der Waals surface area contributed by atoms with E-state index in [1.54, 1.807) is 37.4 Å². The van der Waals surface area contributed by atoms with Crippen molar-refractivity contribution < 1.29 is 9.53 Å². The van der Waals surface area contributed by atoms with Crippen LogP contribution in [0.25, 0.3) is 0 Å². The number of thioether (sulfide) groups is 1. The normalized spacial score (nSPS) is 12.4. The molecule has 1 aromatic carbocycles. The van der Waals surface area contributed by atoms with E-state index in [0.717, 1.165) is 11.8 Å². The van der Waals surface area contributed by atoms with Crippen LogP contribution in [0.4, 0.5) is 0 Å². The van der Waals surface area contributed by atoms with Gasteiger partial charge in [-0.2, -0.15) is 10.5 Å². The van der Waals surface area contributed by atoms with Crippen molar-refractivity contribution in [2.24, 2.45) is 0 Å². The number of ether oxygens (including phenoxy) is 1. The van der Waals surface area contributed by atoms with Crippen molar-refractivity contribution in [1.82, 2.24) is 5.32 Å². The fraction of sp³-hybridized carbons (Fsp3) is 0.267. The van der Waals surface area contributed by atoms with Crippen molar-refractivity contribution >= 4 is 17.7 Å². The molecule has 1 atom stereocenters. The maximum Gasteiger partial charge on any atom is 0.333 e. The third-order valence-corrected chi connectivity index (χ3v) is 3.29. The smallest absolute Gasteiger partial charge is 0.333 e. The Hall–Kier alpha value is -2.44. The molecule has 0 aromatic heterocycles. The van der Waals surface area contributed by atoms with E-state index in [1.807, 2.05) is 18.2 Å². The van der Waals surface area contributed by atoms with Gasteiger partial charge in [-0.1, -0.05) is 30.3 Å².